The molecule has 19 heavy (non-hydrogen) atoms. The van der Waals surface area contributed by atoms with Gasteiger partial charge in [-0.05, 0) is 12.1 Å². The lowest BCUT2D eigenvalue weighted by Gasteiger charge is -2.03. The van der Waals surface area contributed by atoms with Crippen LogP contribution in [0, 0.1) is 11.3 Å². The van der Waals surface area contributed by atoms with Crippen molar-refractivity contribution in [1.82, 2.24) is 15.0 Å². The van der Waals surface area contributed by atoms with Gasteiger partial charge in [-0.1, -0.05) is 27.2 Å². The number of carbonyl (C=O) groups excluding carboxylic acids is 1. The molecule has 0 aliphatic heterocycles. The van der Waals surface area contributed by atoms with Gasteiger partial charge in [0.15, 0.2) is 0 Å². The van der Waals surface area contributed by atoms with Crippen LogP contribution in [0.15, 0.2) is 28.9 Å². The zero-order valence-corrected chi connectivity index (χ0v) is 11.6. The molecule has 2 aromatic rings. The Kier molecular flexibility index (Phi) is 3.92. The fraction of sp³-hybridized carbons (Fsp3) is 0.167. The maximum Gasteiger partial charge on any atom is 0.337 e. The first kappa shape index (κ1) is 13.2. The largest absolute Gasteiger partial charge is 0.465 e. The number of nitriles is 1. The van der Waals surface area contributed by atoms with Gasteiger partial charge in [0.05, 0.1) is 24.9 Å². The number of ether oxygens (including phenoxy) is 1. The van der Waals surface area contributed by atoms with Crippen LogP contribution in [-0.4, -0.2) is 28.1 Å². The Labute approximate surface area is 117 Å². The van der Waals surface area contributed by atoms with Gasteiger partial charge in [0, 0.05) is 10.0 Å². The fourth-order valence-corrected chi connectivity index (χ4v) is 2.12. The minimum atomic E-state index is -0.402. The van der Waals surface area contributed by atoms with E-state index in [9.17, 15) is 4.79 Å². The molecule has 7 heteroatoms. The van der Waals surface area contributed by atoms with Gasteiger partial charge in [-0.15, -0.1) is 5.10 Å². The number of benzene rings is 1. The number of hydrogen-bond acceptors (Lipinski definition) is 5. The molecule has 0 amide bonds. The van der Waals surface area contributed by atoms with Gasteiger partial charge in [-0.3, -0.25) is 0 Å². The number of methoxy groups -OCH3 is 1. The number of carbonyl (C=O) groups is 1. The van der Waals surface area contributed by atoms with Crippen LogP contribution in [0.25, 0.3) is 11.3 Å². The second kappa shape index (κ2) is 5.63. The third kappa shape index (κ3) is 2.80. The minimum Gasteiger partial charge on any atom is -0.465 e. The van der Waals surface area contributed by atoms with Gasteiger partial charge in [0.1, 0.15) is 12.2 Å². The second-order valence-electron chi connectivity index (χ2n) is 3.65. The highest BCUT2D eigenvalue weighted by molar-refractivity contribution is 9.10. The fourth-order valence-electron chi connectivity index (χ4n) is 1.54. The summed E-state index contributed by atoms with van der Waals surface area (Å²) < 4.78 is 6.79. The van der Waals surface area contributed by atoms with Gasteiger partial charge in [-0.25, -0.2) is 9.48 Å². The van der Waals surface area contributed by atoms with Crippen molar-refractivity contribution in [2.45, 2.75) is 6.54 Å². The van der Waals surface area contributed by atoms with Gasteiger partial charge >= 0.3 is 5.97 Å². The highest BCUT2D eigenvalue weighted by Gasteiger charge is 2.12. The highest BCUT2D eigenvalue weighted by atomic mass is 79.9. The van der Waals surface area contributed by atoms with Gasteiger partial charge in [-0.2, -0.15) is 5.26 Å². The standard InChI is InChI=1S/C12H9BrN4O2/c1-19-12(18)8-2-3-9(10(13)6-8)11-7-17(5-4-14)16-15-11/h2-3,6-7H,5H2,1H3. The van der Waals surface area contributed by atoms with E-state index in [2.05, 4.69) is 31.0 Å². The molecule has 96 valence electrons. The van der Waals surface area contributed by atoms with Gasteiger partial charge < -0.3 is 4.74 Å². The maximum atomic E-state index is 11.4. The van der Waals surface area contributed by atoms with Crippen molar-refractivity contribution in [3.8, 4) is 17.3 Å². The Bertz CT molecular complexity index is 660. The summed E-state index contributed by atoms with van der Waals surface area (Å²) >= 11 is 3.38. The van der Waals surface area contributed by atoms with Crippen molar-refractivity contribution in [2.75, 3.05) is 7.11 Å². The van der Waals surface area contributed by atoms with E-state index in [1.54, 1.807) is 24.4 Å². The summed E-state index contributed by atoms with van der Waals surface area (Å²) in [6.07, 6.45) is 1.67. The lowest BCUT2D eigenvalue weighted by Crippen LogP contribution is -2.01. The SMILES string of the molecule is COC(=O)c1ccc(-c2cn(CC#N)nn2)c(Br)c1. The molecule has 1 aromatic heterocycles. The molecule has 0 bridgehead atoms. The number of rotatable bonds is 3. The van der Waals surface area contributed by atoms with Crippen LogP contribution in [0.3, 0.4) is 0 Å². The number of hydrogen-bond donors (Lipinski definition) is 0. The molecular weight excluding hydrogens is 312 g/mol. The molecule has 0 atom stereocenters. The molecule has 6 nitrogen and oxygen atoms in total. The first-order valence-electron chi connectivity index (χ1n) is 5.31. The maximum absolute atomic E-state index is 11.4. The Morgan fingerprint density at radius 2 is 2.37 bits per heavy atom. The summed E-state index contributed by atoms with van der Waals surface area (Å²) in [4.78, 5) is 11.4. The molecular formula is C12H9BrN4O2. The second-order valence-corrected chi connectivity index (χ2v) is 4.50. The number of esters is 1. The summed E-state index contributed by atoms with van der Waals surface area (Å²) in [5.74, 6) is -0.402. The average Bonchev–Trinajstić information content (AvgIpc) is 2.86. The normalized spacial score (nSPS) is 9.95. The molecule has 0 saturated carbocycles. The molecule has 0 aliphatic carbocycles. The minimum absolute atomic E-state index is 0.144. The summed E-state index contributed by atoms with van der Waals surface area (Å²) in [5.41, 5.74) is 1.86. The van der Waals surface area contributed by atoms with E-state index in [1.807, 2.05) is 6.07 Å². The summed E-state index contributed by atoms with van der Waals surface area (Å²) in [6, 6.07) is 7.03. The van der Waals surface area contributed by atoms with Crippen molar-refractivity contribution in [3.63, 3.8) is 0 Å². The summed E-state index contributed by atoms with van der Waals surface area (Å²) in [7, 11) is 1.33. The Hall–Kier alpha value is -2.20. The Morgan fingerprint density at radius 3 is 3.00 bits per heavy atom. The third-order valence-electron chi connectivity index (χ3n) is 2.44. The van der Waals surface area contributed by atoms with E-state index in [-0.39, 0.29) is 6.54 Å². The van der Waals surface area contributed by atoms with Crippen LogP contribution in [0.2, 0.25) is 0 Å². The Morgan fingerprint density at radius 1 is 1.58 bits per heavy atom. The van der Waals surface area contributed by atoms with E-state index in [0.717, 1.165) is 5.56 Å². The van der Waals surface area contributed by atoms with Crippen LogP contribution < -0.4 is 0 Å². The number of aromatic nitrogens is 3. The lowest BCUT2D eigenvalue weighted by atomic mass is 10.1. The van der Waals surface area contributed by atoms with Crippen LogP contribution >= 0.6 is 15.9 Å². The van der Waals surface area contributed by atoms with Gasteiger partial charge in [0.25, 0.3) is 0 Å². The molecule has 0 N–H and O–H groups in total. The number of halogens is 1. The van der Waals surface area contributed by atoms with E-state index >= 15 is 0 Å². The van der Waals surface area contributed by atoms with Crippen molar-refractivity contribution in [1.29, 1.82) is 5.26 Å². The van der Waals surface area contributed by atoms with Crippen molar-refractivity contribution >= 4 is 21.9 Å². The number of nitrogens with zero attached hydrogens (tertiary/aromatic N) is 4. The van der Waals surface area contributed by atoms with Gasteiger partial charge in [0.2, 0.25) is 0 Å². The molecule has 0 spiro atoms. The topological polar surface area (TPSA) is 80.8 Å². The van der Waals surface area contributed by atoms with Crippen LogP contribution in [0.4, 0.5) is 0 Å². The first-order valence-corrected chi connectivity index (χ1v) is 6.10. The van der Waals surface area contributed by atoms with Crippen LogP contribution in [0.5, 0.6) is 0 Å². The molecule has 1 aromatic carbocycles. The third-order valence-corrected chi connectivity index (χ3v) is 3.09. The monoisotopic (exact) mass is 320 g/mol. The lowest BCUT2D eigenvalue weighted by molar-refractivity contribution is 0.0600. The molecule has 0 aliphatic rings. The molecule has 0 radical (unpaired) electrons. The van der Waals surface area contributed by atoms with E-state index < -0.39 is 5.97 Å². The van der Waals surface area contributed by atoms with E-state index in [0.29, 0.717) is 15.7 Å². The first-order chi connectivity index (χ1) is 9.15. The highest BCUT2D eigenvalue weighted by Crippen LogP contribution is 2.27. The van der Waals surface area contributed by atoms with Crippen molar-refractivity contribution < 1.29 is 9.53 Å². The summed E-state index contributed by atoms with van der Waals surface area (Å²) in [5, 5.41) is 16.4. The zero-order valence-electron chi connectivity index (χ0n) is 10.00. The Balaban J connectivity index is 2.35. The van der Waals surface area contributed by atoms with E-state index in [4.69, 9.17) is 5.26 Å². The molecule has 2 rings (SSSR count). The van der Waals surface area contributed by atoms with E-state index in [1.165, 1.54) is 11.8 Å². The summed E-state index contributed by atoms with van der Waals surface area (Å²) in [6.45, 7) is 0.144. The average molecular weight is 321 g/mol. The predicted molar refractivity (Wildman–Crippen MR) is 70.1 cm³/mol. The molecule has 0 unspecified atom stereocenters. The van der Waals surface area contributed by atoms with Crippen molar-refractivity contribution in [3.05, 3.63) is 34.4 Å². The van der Waals surface area contributed by atoms with Crippen molar-refractivity contribution in [2.24, 2.45) is 0 Å². The molecule has 1 heterocycles. The van der Waals surface area contributed by atoms with Crippen LogP contribution in [-0.2, 0) is 11.3 Å². The zero-order chi connectivity index (χ0) is 13.8. The quantitative estimate of drug-likeness (QED) is 0.808. The molecule has 0 saturated heterocycles. The predicted octanol–water partition coefficient (Wildman–Crippen LogP) is 2.02. The van der Waals surface area contributed by atoms with Crippen LogP contribution in [0.1, 0.15) is 10.4 Å². The smallest absolute Gasteiger partial charge is 0.337 e. The molecule has 0 fully saturated rings.